The van der Waals surface area contributed by atoms with E-state index in [-0.39, 0.29) is 53.1 Å². The lowest BCUT2D eigenvalue weighted by atomic mass is 9.53. The van der Waals surface area contributed by atoms with Crippen molar-refractivity contribution in [3.63, 3.8) is 0 Å². The van der Waals surface area contributed by atoms with E-state index in [1.807, 2.05) is 36.4 Å². The van der Waals surface area contributed by atoms with E-state index in [4.69, 9.17) is 75.8 Å². The smallest absolute Gasteiger partial charge is 0.339 e. The van der Waals surface area contributed by atoms with Crippen LogP contribution in [0.25, 0.3) is 0 Å². The van der Waals surface area contributed by atoms with Crippen molar-refractivity contribution in [1.82, 2.24) is 14.7 Å². The van der Waals surface area contributed by atoms with Crippen molar-refractivity contribution in [2.45, 2.75) is 250 Å². The molecule has 6 N–H and O–H groups in total. The number of aliphatic carboxylic acids is 1. The van der Waals surface area contributed by atoms with Gasteiger partial charge in [0.05, 0.1) is 14.2 Å². The molecule has 0 radical (unpaired) electrons. The van der Waals surface area contributed by atoms with E-state index < -0.39 is 180 Å². The Morgan fingerprint density at radius 1 is 0.439 bits per heavy atom. The monoisotopic (exact) mass is 1780 g/mol. The number of aromatic hydroxyl groups is 1. The van der Waals surface area contributed by atoms with Crippen LogP contribution < -0.4 is 23.7 Å². The van der Waals surface area contributed by atoms with Gasteiger partial charge in [0, 0.05) is 123 Å². The summed E-state index contributed by atoms with van der Waals surface area (Å²) in [5, 5.41) is 60.6. The summed E-state index contributed by atoms with van der Waals surface area (Å²) in [6.07, 6.45) is -5.75. The van der Waals surface area contributed by atoms with Crippen molar-refractivity contribution in [3.8, 4) is 34.5 Å². The number of carboxylic acids is 1. The van der Waals surface area contributed by atoms with Gasteiger partial charge in [-0.2, -0.15) is 0 Å². The Morgan fingerprint density at radius 2 is 0.821 bits per heavy atom. The Labute approximate surface area is 715 Å². The standard InChI is InChI=1S/C32H37NO13.C23H27NO9.C19H21NO4.C12H17BrO7/c1-14(34)40-21-9-7-18-13-20-19-8-10-22(29-32(19,11-12-33(20)5)23(18)24(21)45-29)44-31-28(43-17(4)37)26(42-16(3)36)25(41-15(2)35)27(46-31)30(38)39-6;1-24-7-6-23-10-3-5-13(31-22-17(28)15(26)16(27)19(33-22)21(29)30)20(23)32-18-12(25)4-2-9(14(18)23)8-11(10)24;1-10(21)23-15-6-3-11-9-13-12-4-5-14(22)18-19(12,7-8-20(13)2)16(11)17(15)24-18;1-5-8(18-6(2)14)9(19-7(3)15)10(12(16)17-4)20-11(5)13/h7-10,19-20,22,25-29,31H,11-13H2,1-6H3;2-5,10-11,13,15-17,19-20,22,25-28H,6-8H2,1H3,(H,29,30);3-6,12-14,18,22H,7-9H2,1-2H3;5,8-11H,1-4H3/t19?,20-,22+,25+,26+,27+,28-,29+,31?,32+;10?,11-,13+,15+,16+,17-,19+,20+,22+,23+;12?,13-,14+,18+,19+;5-,8-,9+,10+,11+/m1111/s1. The number of carbonyl (C=O) groups excluding carboxylic acids is 9. The van der Waals surface area contributed by atoms with Crippen LogP contribution in [0.4, 0.5) is 0 Å². The molecule has 3 spiro atoms. The zero-order chi connectivity index (χ0) is 88.4. The van der Waals surface area contributed by atoms with E-state index in [0.717, 1.165) is 102 Å². The Hall–Kier alpha value is -9.22. The fourth-order valence-electron chi connectivity index (χ4n) is 22.0. The summed E-state index contributed by atoms with van der Waals surface area (Å²) in [6.45, 7) is 12.9. The molecule has 37 heteroatoms. The van der Waals surface area contributed by atoms with Gasteiger partial charge < -0.3 is 126 Å². The van der Waals surface area contributed by atoms with Gasteiger partial charge in [-0.05, 0) is 114 Å². The van der Waals surface area contributed by atoms with Crippen LogP contribution in [0.2, 0.25) is 0 Å². The van der Waals surface area contributed by atoms with Gasteiger partial charge in [0.2, 0.25) is 6.29 Å². The van der Waals surface area contributed by atoms with Crippen LogP contribution in [0.15, 0.2) is 72.9 Å². The normalized spacial score (nSPS) is 38.2. The van der Waals surface area contributed by atoms with Crippen molar-refractivity contribution < 1.29 is 159 Å². The molecule has 18 rings (SSSR count). The summed E-state index contributed by atoms with van der Waals surface area (Å²) in [5.74, 6) is -4.81. The molecule has 0 aromatic heterocycles. The third-order valence-corrected chi connectivity index (χ3v) is 28.0. The number of hydrogen-bond acceptors (Lipinski definition) is 35. The van der Waals surface area contributed by atoms with Crippen LogP contribution >= 0.6 is 15.9 Å². The fourth-order valence-corrected chi connectivity index (χ4v) is 22.5. The molecule has 3 aromatic carbocycles. The predicted octanol–water partition coefficient (Wildman–Crippen LogP) is 2.45. The van der Waals surface area contributed by atoms with Crippen LogP contribution in [-0.2, 0) is 140 Å². The minimum absolute atomic E-state index is 0.0407. The largest absolute Gasteiger partial charge is 0.504 e. The van der Waals surface area contributed by atoms with E-state index in [0.29, 0.717) is 47.1 Å². The van der Waals surface area contributed by atoms with Gasteiger partial charge in [-0.15, -0.1) is 0 Å². The molecule has 666 valence electrons. The second kappa shape index (κ2) is 34.3. The number of likely N-dealkylation sites (tertiary alicyclic amines) is 3. The Kier molecular flexibility index (Phi) is 24.7. The number of nitrogens with zero attached hydrogens (tertiary/aromatic N) is 3. The molecule has 9 heterocycles. The molecule has 6 bridgehead atoms. The maximum absolute atomic E-state index is 12.9. The van der Waals surface area contributed by atoms with E-state index in [2.05, 4.69) is 80.8 Å². The van der Waals surface area contributed by atoms with Crippen molar-refractivity contribution in [2.75, 3.05) is 55.0 Å². The second-order valence-corrected chi connectivity index (χ2v) is 34.9. The number of methoxy groups -OCH3 is 2. The number of esters is 9. The number of carboxylic acid groups (broad SMARTS) is 1. The van der Waals surface area contributed by atoms with Crippen molar-refractivity contribution in [2.24, 2.45) is 23.7 Å². The fraction of sp³-hybridized carbons (Fsp3) is 0.605. The number of rotatable bonds is 14. The van der Waals surface area contributed by atoms with Gasteiger partial charge >= 0.3 is 59.7 Å². The predicted molar refractivity (Wildman–Crippen MR) is 421 cm³/mol. The van der Waals surface area contributed by atoms with Gasteiger partial charge in [0.15, 0.2) is 83.5 Å². The van der Waals surface area contributed by atoms with Gasteiger partial charge in [0.1, 0.15) is 66.1 Å². The Bertz CT molecular complexity index is 4810. The maximum atomic E-state index is 12.9. The summed E-state index contributed by atoms with van der Waals surface area (Å²) < 4.78 is 96.0. The first-order valence-corrected chi connectivity index (χ1v) is 41.9. The van der Waals surface area contributed by atoms with Gasteiger partial charge in [-0.25, -0.2) is 14.4 Å². The minimum Gasteiger partial charge on any atom is -0.504 e. The highest BCUT2D eigenvalue weighted by Crippen LogP contribution is 2.66. The van der Waals surface area contributed by atoms with Crippen LogP contribution in [0.3, 0.4) is 0 Å². The number of halogens is 1. The number of piperidine rings is 3. The summed E-state index contributed by atoms with van der Waals surface area (Å²) >= 11 is 3.25. The third kappa shape index (κ3) is 15.3. The SMILES string of the molecule is CC(=O)Oc1ccc2c3c1O[C@H]1[C@@H](O)C=CC4[C@@H](C2)N(C)CC[C@@]341.CN1CC[C@]23c4c5ccc(O)c4O[C@H]2[C@@H](O[C@H]2O[C@H](C(=O)O)[C@@H](O)[C@H](O)[C@H]2O)C=CC3[C@H]1C5.COC(=O)[C@H]1OC(O[C@H]2C=CC3[C@H]4Cc5ccc(OC(C)=O)c6c5[C@@]3(CCN4C)[C@H]2O6)[C@H](OC(C)=O)[C@@H](OC(C)=O)[C@@H]1OC(C)=O.COC(=O)[C@H]1O[C@H](Br)[C@H](C)[C@@H](OC(C)=O)[C@@H]1OC(C)=O. The number of carbonyl (C=O) groups is 10. The number of aliphatic hydroxyl groups excluding tert-OH is 4. The second-order valence-electron chi connectivity index (χ2n) is 34.0. The van der Waals surface area contributed by atoms with E-state index >= 15 is 0 Å². The quantitative estimate of drug-likeness (QED) is 0.0444. The number of alkyl halides is 1. The number of phenolic OH excluding ortho intramolecular Hbond substituents is 1. The number of hydrogen-bond donors (Lipinski definition) is 6. The molecule has 4 unspecified atom stereocenters. The molecule has 123 heavy (non-hydrogen) atoms. The van der Waals surface area contributed by atoms with Crippen LogP contribution in [0, 0.1) is 23.7 Å². The van der Waals surface area contributed by atoms with Crippen molar-refractivity contribution in [1.29, 1.82) is 0 Å². The molecule has 9 aliphatic heterocycles. The zero-order valence-electron chi connectivity index (χ0n) is 69.8. The zero-order valence-corrected chi connectivity index (χ0v) is 71.4. The topological polar surface area (TPSA) is 459 Å². The van der Waals surface area contributed by atoms with Crippen molar-refractivity contribution in [3.05, 3.63) is 106 Å². The first-order valence-electron chi connectivity index (χ1n) is 41.0. The van der Waals surface area contributed by atoms with Gasteiger partial charge in [-0.1, -0.05) is 77.5 Å². The average Bonchev–Trinajstić information content (AvgIpc) is 1.54. The molecular weight excluding hydrogens is 1680 g/mol. The molecule has 0 amide bonds. The summed E-state index contributed by atoms with van der Waals surface area (Å²) in [7, 11) is 8.70. The van der Waals surface area contributed by atoms with E-state index in [9.17, 15) is 78.6 Å². The molecule has 15 aliphatic rings. The number of ether oxygens (including phenoxy) is 17. The lowest BCUT2D eigenvalue weighted by Gasteiger charge is -2.57. The molecule has 6 fully saturated rings. The number of likely N-dealkylation sites (N-methyl/N-ethyl adjacent to an activating group) is 3. The molecule has 3 aromatic rings. The lowest BCUT2D eigenvalue weighted by molar-refractivity contribution is -0.313. The highest BCUT2D eigenvalue weighted by Gasteiger charge is 2.70. The van der Waals surface area contributed by atoms with Crippen LogP contribution in [-0.4, -0.2) is 300 Å². The van der Waals surface area contributed by atoms with Crippen molar-refractivity contribution >= 4 is 75.6 Å². The molecule has 36 nitrogen and oxygen atoms in total. The number of benzene rings is 3. The third-order valence-electron chi connectivity index (χ3n) is 27.0. The summed E-state index contributed by atoms with van der Waals surface area (Å²) in [5.41, 5.74) is 5.43. The highest BCUT2D eigenvalue weighted by molar-refractivity contribution is 9.09. The van der Waals surface area contributed by atoms with Crippen LogP contribution in [0.5, 0.6) is 34.5 Å². The van der Waals surface area contributed by atoms with Gasteiger partial charge in [0.25, 0.3) is 0 Å². The molecule has 6 saturated heterocycles. The first kappa shape index (κ1) is 88.6. The number of aliphatic hydroxyl groups is 4. The molecule has 6 aliphatic carbocycles. The van der Waals surface area contributed by atoms with E-state index in [1.54, 1.807) is 19.1 Å². The number of phenols is 1. The average molecular weight is 1790 g/mol. The molecule has 0 saturated carbocycles. The van der Waals surface area contributed by atoms with E-state index in [1.165, 1.54) is 45.9 Å². The first-order chi connectivity index (χ1) is 58.4. The van der Waals surface area contributed by atoms with Crippen LogP contribution in [0.1, 0.15) is 108 Å². The highest BCUT2D eigenvalue weighted by atomic mass is 79.9. The van der Waals surface area contributed by atoms with Gasteiger partial charge in [-0.3, -0.25) is 33.6 Å². The molecular formula is C86H102BrN3O33. The lowest BCUT2D eigenvalue weighted by Crippen LogP contribution is -2.67. The Balaban J connectivity index is 0.000000134. The maximum Gasteiger partial charge on any atom is 0.339 e. The summed E-state index contributed by atoms with van der Waals surface area (Å²) in [6, 6.07) is 12.1. The summed E-state index contributed by atoms with van der Waals surface area (Å²) in [4.78, 5) is 126. The Morgan fingerprint density at radius 3 is 1.28 bits per heavy atom. The molecule has 30 atom stereocenters. The minimum atomic E-state index is -1.79.